The van der Waals surface area contributed by atoms with Gasteiger partial charge in [-0.15, -0.1) is 0 Å². The molecule has 2 aliphatic rings. The fraction of sp³-hybridized carbons (Fsp3) is 0.458. The topological polar surface area (TPSA) is 93.1 Å². The number of hydrogen-bond acceptors (Lipinski definition) is 6. The fourth-order valence-electron chi connectivity index (χ4n) is 3.79. The number of nitrogens with zero attached hydrogens (tertiary/aromatic N) is 1. The molecule has 1 fully saturated rings. The fourth-order valence-corrected chi connectivity index (χ4v) is 3.79. The SMILES string of the molecule is CC(C)C1COC(=O)N1C(=O)C(Cc1ccccc1)C1OC(=CCCCO)C=CC1=O. The summed E-state index contributed by atoms with van der Waals surface area (Å²) in [5, 5.41) is 8.99. The smallest absolute Gasteiger partial charge is 0.416 e. The van der Waals surface area contributed by atoms with E-state index in [-0.39, 0.29) is 37.4 Å². The third-order valence-electron chi connectivity index (χ3n) is 5.56. The van der Waals surface area contributed by atoms with E-state index < -0.39 is 24.0 Å². The summed E-state index contributed by atoms with van der Waals surface area (Å²) in [5.41, 5.74) is 0.867. The first-order chi connectivity index (χ1) is 14.9. The Morgan fingerprint density at radius 2 is 1.97 bits per heavy atom. The van der Waals surface area contributed by atoms with E-state index in [4.69, 9.17) is 14.6 Å². The number of ketones is 1. The minimum absolute atomic E-state index is 0.0181. The third-order valence-corrected chi connectivity index (χ3v) is 5.56. The van der Waals surface area contributed by atoms with Crippen molar-refractivity contribution in [2.24, 2.45) is 11.8 Å². The maximum absolute atomic E-state index is 13.6. The van der Waals surface area contributed by atoms with Crippen LogP contribution in [-0.4, -0.2) is 53.1 Å². The number of imide groups is 1. The van der Waals surface area contributed by atoms with Crippen LogP contribution in [0.5, 0.6) is 0 Å². The molecule has 1 N–H and O–H groups in total. The van der Waals surface area contributed by atoms with E-state index >= 15 is 0 Å². The second kappa shape index (κ2) is 10.4. The monoisotopic (exact) mass is 427 g/mol. The summed E-state index contributed by atoms with van der Waals surface area (Å²) in [7, 11) is 0. The van der Waals surface area contributed by atoms with Crippen molar-refractivity contribution in [3.05, 3.63) is 59.9 Å². The van der Waals surface area contributed by atoms with Gasteiger partial charge in [0.25, 0.3) is 0 Å². The van der Waals surface area contributed by atoms with Crippen LogP contribution in [0.1, 0.15) is 32.3 Å². The maximum Gasteiger partial charge on any atom is 0.416 e. The molecule has 7 nitrogen and oxygen atoms in total. The summed E-state index contributed by atoms with van der Waals surface area (Å²) in [5.74, 6) is -1.17. The van der Waals surface area contributed by atoms with Crippen molar-refractivity contribution in [3.8, 4) is 0 Å². The first-order valence-corrected chi connectivity index (χ1v) is 10.7. The molecule has 0 aliphatic carbocycles. The molecular weight excluding hydrogens is 398 g/mol. The molecule has 3 atom stereocenters. The van der Waals surface area contributed by atoms with E-state index in [0.717, 1.165) is 10.5 Å². The molecule has 3 unspecified atom stereocenters. The number of aliphatic hydroxyl groups excluding tert-OH is 1. The number of carbonyl (C=O) groups is 3. The van der Waals surface area contributed by atoms with Crippen molar-refractivity contribution in [2.45, 2.75) is 45.3 Å². The summed E-state index contributed by atoms with van der Waals surface area (Å²) < 4.78 is 11.1. The van der Waals surface area contributed by atoms with Gasteiger partial charge >= 0.3 is 6.09 Å². The van der Waals surface area contributed by atoms with Gasteiger partial charge in [-0.1, -0.05) is 44.2 Å². The highest BCUT2D eigenvalue weighted by atomic mass is 16.6. The molecule has 2 amide bonds. The summed E-state index contributed by atoms with van der Waals surface area (Å²) in [6, 6.07) is 8.98. The zero-order chi connectivity index (χ0) is 22.4. The number of unbranched alkanes of at least 4 members (excludes halogenated alkanes) is 1. The molecule has 31 heavy (non-hydrogen) atoms. The molecule has 0 saturated carbocycles. The second-order valence-corrected chi connectivity index (χ2v) is 8.14. The van der Waals surface area contributed by atoms with Crippen LogP contribution in [-0.2, 0) is 25.5 Å². The number of amides is 2. The number of ether oxygens (including phenoxy) is 2. The number of rotatable bonds is 8. The lowest BCUT2D eigenvalue weighted by Crippen LogP contribution is -2.50. The molecule has 1 saturated heterocycles. The Morgan fingerprint density at radius 3 is 2.65 bits per heavy atom. The Hall–Kier alpha value is -2.93. The lowest BCUT2D eigenvalue weighted by molar-refractivity contribution is -0.144. The standard InChI is InChI=1S/C24H29NO6/c1-16(2)20-15-30-24(29)25(20)23(28)19(14-17-8-4-3-5-9-17)22-21(27)12-11-18(31-22)10-6-7-13-26/h3-5,8-12,16,19-20,22,26H,6-7,13-15H2,1-2H3. The van der Waals surface area contributed by atoms with E-state index in [1.807, 2.05) is 44.2 Å². The van der Waals surface area contributed by atoms with Crippen LogP contribution < -0.4 is 0 Å². The lowest BCUT2D eigenvalue weighted by Gasteiger charge is -2.32. The van der Waals surface area contributed by atoms with E-state index in [2.05, 4.69) is 0 Å². The van der Waals surface area contributed by atoms with Crippen molar-refractivity contribution < 1.29 is 29.0 Å². The lowest BCUT2D eigenvalue weighted by atomic mass is 9.88. The van der Waals surface area contributed by atoms with E-state index in [1.54, 1.807) is 12.2 Å². The molecular formula is C24H29NO6. The minimum atomic E-state index is -1.04. The van der Waals surface area contributed by atoms with Crippen LogP contribution in [0.15, 0.2) is 54.3 Å². The first-order valence-electron chi connectivity index (χ1n) is 10.7. The largest absolute Gasteiger partial charge is 0.482 e. The van der Waals surface area contributed by atoms with Crippen LogP contribution in [0.25, 0.3) is 0 Å². The minimum Gasteiger partial charge on any atom is -0.482 e. The van der Waals surface area contributed by atoms with Gasteiger partial charge in [-0.05, 0) is 49.0 Å². The number of aliphatic hydroxyl groups is 1. The molecule has 1 aromatic carbocycles. The van der Waals surface area contributed by atoms with Crippen molar-refractivity contribution in [1.82, 2.24) is 4.90 Å². The van der Waals surface area contributed by atoms with Crippen molar-refractivity contribution in [2.75, 3.05) is 13.2 Å². The highest BCUT2D eigenvalue weighted by Crippen LogP contribution is 2.29. The zero-order valence-electron chi connectivity index (χ0n) is 17.9. The van der Waals surface area contributed by atoms with E-state index in [1.165, 1.54) is 6.08 Å². The summed E-state index contributed by atoms with van der Waals surface area (Å²) in [6.45, 7) is 4.04. The summed E-state index contributed by atoms with van der Waals surface area (Å²) in [4.78, 5) is 39.9. The van der Waals surface area contributed by atoms with Gasteiger partial charge in [0.15, 0.2) is 11.9 Å². The van der Waals surface area contributed by atoms with Crippen LogP contribution in [0.2, 0.25) is 0 Å². The molecule has 7 heteroatoms. The number of allylic oxidation sites excluding steroid dienone is 2. The number of cyclic esters (lactones) is 1. The number of hydrogen-bond donors (Lipinski definition) is 1. The Balaban J connectivity index is 1.91. The second-order valence-electron chi connectivity index (χ2n) is 8.14. The molecule has 2 aliphatic heterocycles. The molecule has 0 spiro atoms. The average molecular weight is 427 g/mol. The van der Waals surface area contributed by atoms with Gasteiger partial charge < -0.3 is 14.6 Å². The van der Waals surface area contributed by atoms with Gasteiger partial charge in [-0.3, -0.25) is 9.59 Å². The van der Waals surface area contributed by atoms with Gasteiger partial charge in [-0.25, -0.2) is 9.69 Å². The van der Waals surface area contributed by atoms with Gasteiger partial charge in [0.05, 0.1) is 12.0 Å². The summed E-state index contributed by atoms with van der Waals surface area (Å²) >= 11 is 0. The van der Waals surface area contributed by atoms with Gasteiger partial charge in [0.1, 0.15) is 12.4 Å². The summed E-state index contributed by atoms with van der Waals surface area (Å²) in [6.07, 6.45) is 4.45. The molecule has 1 aromatic rings. The van der Waals surface area contributed by atoms with Crippen LogP contribution in [0, 0.1) is 11.8 Å². The predicted molar refractivity (Wildman–Crippen MR) is 114 cm³/mol. The Morgan fingerprint density at radius 1 is 1.23 bits per heavy atom. The Kier molecular flexibility index (Phi) is 7.63. The van der Waals surface area contributed by atoms with Gasteiger partial charge in [-0.2, -0.15) is 0 Å². The quantitative estimate of drug-likeness (QED) is 0.641. The molecule has 0 bridgehead atoms. The molecule has 0 radical (unpaired) electrons. The van der Waals surface area contributed by atoms with Gasteiger partial charge in [0, 0.05) is 6.61 Å². The number of benzene rings is 1. The molecule has 0 aromatic heterocycles. The molecule has 166 valence electrons. The Bertz CT molecular complexity index is 860. The highest BCUT2D eigenvalue weighted by molar-refractivity contribution is 6.02. The van der Waals surface area contributed by atoms with Crippen LogP contribution >= 0.6 is 0 Å². The zero-order valence-corrected chi connectivity index (χ0v) is 17.9. The average Bonchev–Trinajstić information content (AvgIpc) is 3.15. The maximum atomic E-state index is 13.6. The molecule has 3 rings (SSSR count). The molecule has 2 heterocycles. The first kappa shape index (κ1) is 22.7. The van der Waals surface area contributed by atoms with Gasteiger partial charge in [0.2, 0.25) is 5.91 Å². The highest BCUT2D eigenvalue weighted by Gasteiger charge is 2.46. The van der Waals surface area contributed by atoms with E-state index in [0.29, 0.717) is 18.6 Å². The van der Waals surface area contributed by atoms with Crippen molar-refractivity contribution in [1.29, 1.82) is 0 Å². The van der Waals surface area contributed by atoms with Crippen LogP contribution in [0.3, 0.4) is 0 Å². The normalized spacial score (nSPS) is 23.2. The van der Waals surface area contributed by atoms with Crippen molar-refractivity contribution in [3.63, 3.8) is 0 Å². The Labute approximate surface area is 182 Å². The number of carbonyl (C=O) groups excluding carboxylic acids is 3. The predicted octanol–water partition coefficient (Wildman–Crippen LogP) is 3.03. The van der Waals surface area contributed by atoms with Crippen LogP contribution in [0.4, 0.5) is 4.79 Å². The third kappa shape index (κ3) is 5.41. The van der Waals surface area contributed by atoms with E-state index in [9.17, 15) is 14.4 Å². The van der Waals surface area contributed by atoms with Crippen molar-refractivity contribution >= 4 is 17.8 Å².